The van der Waals surface area contributed by atoms with E-state index in [0.29, 0.717) is 10.6 Å². The first kappa shape index (κ1) is 11.4. The zero-order chi connectivity index (χ0) is 11.5. The fourth-order valence-electron chi connectivity index (χ4n) is 1.71. The zero-order valence-electron chi connectivity index (χ0n) is 9.19. The van der Waals surface area contributed by atoms with Gasteiger partial charge in [0.25, 0.3) is 5.91 Å². The molecule has 2 heterocycles. The normalized spacial score (nSPS) is 17.5. The van der Waals surface area contributed by atoms with Crippen LogP contribution in [0.2, 0.25) is 5.02 Å². The molecule has 16 heavy (non-hydrogen) atoms. The first-order valence-electron chi connectivity index (χ1n) is 5.26. The molecule has 86 valence electrons. The van der Waals surface area contributed by atoms with E-state index in [9.17, 15) is 4.79 Å². The van der Waals surface area contributed by atoms with Crippen LogP contribution in [0, 0.1) is 0 Å². The maximum absolute atomic E-state index is 12.1. The van der Waals surface area contributed by atoms with Crippen molar-refractivity contribution in [2.45, 2.75) is 0 Å². The molecule has 1 aliphatic rings. The van der Waals surface area contributed by atoms with Crippen molar-refractivity contribution in [3.8, 4) is 0 Å². The highest BCUT2D eigenvalue weighted by Gasteiger charge is 2.21. The molecule has 0 bridgehead atoms. The Hall–Kier alpha value is -1.13. The Kier molecular flexibility index (Phi) is 3.41. The van der Waals surface area contributed by atoms with Crippen molar-refractivity contribution in [2.24, 2.45) is 0 Å². The van der Waals surface area contributed by atoms with Gasteiger partial charge in [-0.2, -0.15) is 0 Å². The van der Waals surface area contributed by atoms with Crippen molar-refractivity contribution in [3.63, 3.8) is 0 Å². The number of likely N-dealkylation sites (N-methyl/N-ethyl adjacent to an activating group) is 1. The fourth-order valence-corrected chi connectivity index (χ4v) is 1.90. The molecule has 5 heteroatoms. The van der Waals surface area contributed by atoms with Gasteiger partial charge in [0.2, 0.25) is 0 Å². The summed E-state index contributed by atoms with van der Waals surface area (Å²) >= 11 is 5.97. The van der Waals surface area contributed by atoms with Gasteiger partial charge in [-0.1, -0.05) is 11.6 Å². The number of carbonyl (C=O) groups is 1. The molecule has 0 unspecified atom stereocenters. The Labute approximate surface area is 99.8 Å². The van der Waals surface area contributed by atoms with Gasteiger partial charge in [-0.15, -0.1) is 0 Å². The van der Waals surface area contributed by atoms with E-state index in [0.717, 1.165) is 26.2 Å². The lowest BCUT2D eigenvalue weighted by molar-refractivity contribution is 0.0664. The predicted octanol–water partition coefficient (Wildman–Crippen LogP) is 1.12. The average molecular weight is 240 g/mol. The number of nitrogens with zero attached hydrogens (tertiary/aromatic N) is 3. The molecule has 4 nitrogen and oxygen atoms in total. The SMILES string of the molecule is CN1CCN(C(=O)c2cnccc2Cl)CC1. The first-order chi connectivity index (χ1) is 7.68. The number of hydrogen-bond donors (Lipinski definition) is 0. The van der Waals surface area contributed by atoms with Gasteiger partial charge in [-0.3, -0.25) is 9.78 Å². The summed E-state index contributed by atoms with van der Waals surface area (Å²) in [5.41, 5.74) is 0.494. The van der Waals surface area contributed by atoms with Gasteiger partial charge in [-0.25, -0.2) is 0 Å². The Morgan fingerprint density at radius 1 is 1.38 bits per heavy atom. The van der Waals surface area contributed by atoms with Gasteiger partial charge in [0, 0.05) is 38.6 Å². The summed E-state index contributed by atoms with van der Waals surface area (Å²) in [7, 11) is 2.05. The second-order valence-corrected chi connectivity index (χ2v) is 4.36. The van der Waals surface area contributed by atoms with Gasteiger partial charge in [0.05, 0.1) is 10.6 Å². The molecule has 0 atom stereocenters. The van der Waals surface area contributed by atoms with Crippen LogP contribution in [-0.4, -0.2) is 53.9 Å². The van der Waals surface area contributed by atoms with Crippen LogP contribution in [0.25, 0.3) is 0 Å². The van der Waals surface area contributed by atoms with Crippen molar-refractivity contribution >= 4 is 17.5 Å². The monoisotopic (exact) mass is 239 g/mol. The number of aromatic nitrogens is 1. The highest BCUT2D eigenvalue weighted by molar-refractivity contribution is 6.33. The number of rotatable bonds is 1. The lowest BCUT2D eigenvalue weighted by Gasteiger charge is -2.32. The summed E-state index contributed by atoms with van der Waals surface area (Å²) in [6.07, 6.45) is 3.12. The van der Waals surface area contributed by atoms with Crippen LogP contribution in [0.3, 0.4) is 0 Å². The quantitative estimate of drug-likeness (QED) is 0.737. The minimum atomic E-state index is -0.0220. The van der Waals surface area contributed by atoms with E-state index >= 15 is 0 Å². The van der Waals surface area contributed by atoms with Crippen LogP contribution < -0.4 is 0 Å². The zero-order valence-corrected chi connectivity index (χ0v) is 9.94. The minimum absolute atomic E-state index is 0.0220. The third-order valence-corrected chi connectivity index (χ3v) is 3.12. The Bertz CT molecular complexity index is 389. The molecule has 1 aromatic rings. The van der Waals surface area contributed by atoms with Crippen molar-refractivity contribution < 1.29 is 4.79 Å². The molecule has 1 aliphatic heterocycles. The van der Waals surface area contributed by atoms with E-state index in [2.05, 4.69) is 16.9 Å². The lowest BCUT2D eigenvalue weighted by Crippen LogP contribution is -2.47. The second kappa shape index (κ2) is 4.80. The highest BCUT2D eigenvalue weighted by atomic mass is 35.5. The van der Waals surface area contributed by atoms with Gasteiger partial charge >= 0.3 is 0 Å². The summed E-state index contributed by atoms with van der Waals surface area (Å²) in [5.74, 6) is -0.0220. The molecule has 0 radical (unpaired) electrons. The molecular weight excluding hydrogens is 226 g/mol. The third-order valence-electron chi connectivity index (χ3n) is 2.79. The van der Waals surface area contributed by atoms with Crippen LogP contribution in [0.4, 0.5) is 0 Å². The Morgan fingerprint density at radius 2 is 2.06 bits per heavy atom. The number of pyridine rings is 1. The smallest absolute Gasteiger partial charge is 0.257 e. The molecule has 1 aromatic heterocycles. The summed E-state index contributed by atoms with van der Waals surface area (Å²) in [6, 6.07) is 1.64. The lowest BCUT2D eigenvalue weighted by atomic mass is 10.2. The molecule has 0 N–H and O–H groups in total. The van der Waals surface area contributed by atoms with Crippen molar-refractivity contribution in [1.82, 2.24) is 14.8 Å². The van der Waals surface area contributed by atoms with E-state index in [-0.39, 0.29) is 5.91 Å². The highest BCUT2D eigenvalue weighted by Crippen LogP contribution is 2.16. The summed E-state index contributed by atoms with van der Waals surface area (Å²) in [5, 5.41) is 0.471. The molecule has 0 saturated carbocycles. The maximum Gasteiger partial charge on any atom is 0.257 e. The summed E-state index contributed by atoms with van der Waals surface area (Å²) < 4.78 is 0. The largest absolute Gasteiger partial charge is 0.336 e. The minimum Gasteiger partial charge on any atom is -0.336 e. The average Bonchev–Trinajstić information content (AvgIpc) is 2.30. The van der Waals surface area contributed by atoms with Crippen molar-refractivity contribution in [1.29, 1.82) is 0 Å². The van der Waals surface area contributed by atoms with E-state index in [1.165, 1.54) is 6.20 Å². The van der Waals surface area contributed by atoms with Crippen LogP contribution in [-0.2, 0) is 0 Å². The van der Waals surface area contributed by atoms with Gasteiger partial charge in [0.15, 0.2) is 0 Å². The van der Waals surface area contributed by atoms with Gasteiger partial charge < -0.3 is 9.80 Å². The first-order valence-corrected chi connectivity index (χ1v) is 5.63. The topological polar surface area (TPSA) is 36.4 Å². The molecular formula is C11H14ClN3O. The van der Waals surface area contributed by atoms with Crippen LogP contribution >= 0.6 is 11.6 Å². The maximum atomic E-state index is 12.1. The Morgan fingerprint density at radius 3 is 2.69 bits per heavy atom. The third kappa shape index (κ3) is 2.33. The fraction of sp³-hybridized carbons (Fsp3) is 0.455. The Balaban J connectivity index is 2.11. The van der Waals surface area contributed by atoms with Crippen LogP contribution in [0.5, 0.6) is 0 Å². The summed E-state index contributed by atoms with van der Waals surface area (Å²) in [6.45, 7) is 3.31. The number of halogens is 1. The molecule has 0 aliphatic carbocycles. The number of carbonyl (C=O) groups excluding carboxylic acids is 1. The molecule has 0 aromatic carbocycles. The van der Waals surface area contributed by atoms with E-state index in [1.54, 1.807) is 12.3 Å². The van der Waals surface area contributed by atoms with Gasteiger partial charge in [-0.05, 0) is 13.1 Å². The van der Waals surface area contributed by atoms with Crippen molar-refractivity contribution in [3.05, 3.63) is 29.0 Å². The molecule has 0 spiro atoms. The van der Waals surface area contributed by atoms with E-state index < -0.39 is 0 Å². The van der Waals surface area contributed by atoms with Crippen molar-refractivity contribution in [2.75, 3.05) is 33.2 Å². The molecule has 2 rings (SSSR count). The van der Waals surface area contributed by atoms with Crippen LogP contribution in [0.1, 0.15) is 10.4 Å². The molecule has 1 fully saturated rings. The molecule has 1 amide bonds. The number of piperazine rings is 1. The molecule has 1 saturated heterocycles. The number of amides is 1. The predicted molar refractivity (Wildman–Crippen MR) is 62.6 cm³/mol. The summed E-state index contributed by atoms with van der Waals surface area (Å²) in [4.78, 5) is 20.1. The second-order valence-electron chi connectivity index (χ2n) is 3.95. The van der Waals surface area contributed by atoms with E-state index in [4.69, 9.17) is 11.6 Å². The number of hydrogen-bond acceptors (Lipinski definition) is 3. The van der Waals surface area contributed by atoms with E-state index in [1.807, 2.05) is 4.90 Å². The van der Waals surface area contributed by atoms with Gasteiger partial charge in [0.1, 0.15) is 0 Å². The standard InChI is InChI=1S/C11H14ClN3O/c1-14-4-6-15(7-5-14)11(16)9-8-13-3-2-10(9)12/h2-3,8H,4-7H2,1H3. The van der Waals surface area contributed by atoms with Crippen LogP contribution in [0.15, 0.2) is 18.5 Å².